The Bertz CT molecular complexity index is 1520. The summed E-state index contributed by atoms with van der Waals surface area (Å²) in [5.74, 6) is 11.0. The second-order valence-electron chi connectivity index (χ2n) is 9.40. The zero-order valence-corrected chi connectivity index (χ0v) is 24.1. The summed E-state index contributed by atoms with van der Waals surface area (Å²) < 4.78 is 10.5. The lowest BCUT2D eigenvalue weighted by molar-refractivity contribution is -0.118. The molecule has 1 unspecified atom stereocenters. The lowest BCUT2D eigenvalue weighted by Gasteiger charge is -2.17. The summed E-state index contributed by atoms with van der Waals surface area (Å²) >= 11 is 6.16. The summed E-state index contributed by atoms with van der Waals surface area (Å²) in [4.78, 5) is 45.2. The van der Waals surface area contributed by atoms with Crippen molar-refractivity contribution < 1.29 is 23.9 Å². The molecule has 0 fully saturated rings. The van der Waals surface area contributed by atoms with Crippen molar-refractivity contribution in [2.75, 3.05) is 36.0 Å². The van der Waals surface area contributed by atoms with Crippen molar-refractivity contribution in [1.82, 2.24) is 15.3 Å². The van der Waals surface area contributed by atoms with Gasteiger partial charge in [-0.2, -0.15) is 5.10 Å². The van der Waals surface area contributed by atoms with E-state index in [0.29, 0.717) is 64.2 Å². The van der Waals surface area contributed by atoms with E-state index >= 15 is 0 Å². The summed E-state index contributed by atoms with van der Waals surface area (Å²) in [5.41, 5.74) is 3.09. The molecule has 3 amide bonds. The van der Waals surface area contributed by atoms with Crippen molar-refractivity contribution in [2.24, 2.45) is 16.8 Å². The Kier molecular flexibility index (Phi) is 10.7. The van der Waals surface area contributed by atoms with Crippen molar-refractivity contribution in [3.8, 4) is 11.3 Å². The van der Waals surface area contributed by atoms with E-state index in [4.69, 9.17) is 28.0 Å². The minimum absolute atomic E-state index is 0.138. The number of nitrogens with two attached hydrogens (primary N) is 2. The number of hydrogen-bond acceptors (Lipinski definition) is 9. The van der Waals surface area contributed by atoms with E-state index in [2.05, 4.69) is 35.8 Å². The molecule has 0 saturated heterocycles. The number of carbonyl (C=O) groups is 3. The van der Waals surface area contributed by atoms with Crippen LogP contribution in [0.15, 0.2) is 53.8 Å². The highest BCUT2D eigenvalue weighted by molar-refractivity contribution is 6.30. The molecule has 1 aliphatic heterocycles. The van der Waals surface area contributed by atoms with Gasteiger partial charge in [0.25, 0.3) is 0 Å². The monoisotopic (exact) mass is 609 g/mol. The van der Waals surface area contributed by atoms with Crippen molar-refractivity contribution in [3.05, 3.63) is 65.1 Å². The van der Waals surface area contributed by atoms with Gasteiger partial charge in [0, 0.05) is 47.1 Å². The van der Waals surface area contributed by atoms with Gasteiger partial charge in [0.2, 0.25) is 11.8 Å². The average molecular weight is 610 g/mol. The molecule has 14 nitrogen and oxygen atoms in total. The second kappa shape index (κ2) is 14.8. The van der Waals surface area contributed by atoms with E-state index in [0.717, 1.165) is 0 Å². The van der Waals surface area contributed by atoms with E-state index in [1.54, 1.807) is 48.7 Å². The number of nitrogens with one attached hydrogen (secondary N) is 4. The van der Waals surface area contributed by atoms with Crippen LogP contribution in [0.3, 0.4) is 0 Å². The molecule has 4 rings (SSSR count). The van der Waals surface area contributed by atoms with Gasteiger partial charge in [0.15, 0.2) is 0 Å². The molecule has 0 spiro atoms. The van der Waals surface area contributed by atoms with E-state index in [1.807, 2.05) is 0 Å². The molecule has 1 aromatic heterocycles. The Labute approximate surface area is 252 Å². The molecular weight excluding hydrogens is 578 g/mol. The molecule has 3 aromatic rings. The normalized spacial score (nSPS) is 15.8. The number of rotatable bonds is 6. The number of aromatic amines is 1. The summed E-state index contributed by atoms with van der Waals surface area (Å²) in [5, 5.41) is 13.5. The highest BCUT2D eigenvalue weighted by Crippen LogP contribution is 2.31. The Hall–Kier alpha value is -4.92. The number of H-pyrrole nitrogens is 1. The van der Waals surface area contributed by atoms with Crippen LogP contribution in [0.2, 0.25) is 5.02 Å². The van der Waals surface area contributed by atoms with Crippen LogP contribution >= 0.6 is 11.6 Å². The van der Waals surface area contributed by atoms with E-state index in [-0.39, 0.29) is 18.9 Å². The summed E-state index contributed by atoms with van der Waals surface area (Å²) in [6.45, 7) is 0.521. The van der Waals surface area contributed by atoms with E-state index in [9.17, 15) is 14.4 Å². The molecule has 2 aromatic carbocycles. The van der Waals surface area contributed by atoms with Gasteiger partial charge in [-0.1, -0.05) is 11.6 Å². The molecule has 0 saturated carbocycles. The molecule has 2 heterocycles. The van der Waals surface area contributed by atoms with Crippen LogP contribution in [-0.4, -0.2) is 54.5 Å². The number of ether oxygens (including phenoxy) is 2. The fourth-order valence-corrected chi connectivity index (χ4v) is 4.46. The van der Waals surface area contributed by atoms with Gasteiger partial charge >= 0.3 is 6.09 Å². The van der Waals surface area contributed by atoms with E-state index in [1.165, 1.54) is 24.5 Å². The number of hydrazine groups is 1. The van der Waals surface area contributed by atoms with Crippen molar-refractivity contribution in [3.63, 3.8) is 0 Å². The topological polar surface area (TPSA) is 202 Å². The van der Waals surface area contributed by atoms with Gasteiger partial charge in [-0.05, 0) is 55.3 Å². The zero-order chi connectivity index (χ0) is 30.8. The Morgan fingerprint density at radius 2 is 2.09 bits per heavy atom. The third kappa shape index (κ3) is 8.54. The SMILES string of the molecule is COC(=O)Nc1ccc2c(c1)NC(=O)CCCCOCC(NC(=O)/C=C/c1cc(Cl)ccc1N(N)/C=N\N)c1nc-2c[nH]1. The molecule has 0 radical (unpaired) electrons. The first kappa shape index (κ1) is 31.0. The van der Waals surface area contributed by atoms with Crippen LogP contribution < -0.4 is 32.6 Å². The van der Waals surface area contributed by atoms with Gasteiger partial charge in [0.1, 0.15) is 18.2 Å². The number of hydrogen-bond donors (Lipinski definition) is 6. The molecule has 2 bridgehead atoms. The molecule has 0 aliphatic carbocycles. The number of nitrogens with zero attached hydrogens (tertiary/aromatic N) is 3. The van der Waals surface area contributed by atoms with Gasteiger partial charge in [-0.25, -0.2) is 15.6 Å². The van der Waals surface area contributed by atoms with Crippen LogP contribution in [0.1, 0.15) is 36.7 Å². The quantitative estimate of drug-likeness (QED) is 0.0794. The van der Waals surface area contributed by atoms with Gasteiger partial charge in [0.05, 0.1) is 30.8 Å². The number of benzene rings is 2. The van der Waals surface area contributed by atoms with Gasteiger partial charge in [-0.15, -0.1) is 0 Å². The van der Waals surface area contributed by atoms with Crippen molar-refractivity contribution in [2.45, 2.75) is 25.3 Å². The number of carbonyl (C=O) groups excluding carboxylic acids is 3. The highest BCUT2D eigenvalue weighted by atomic mass is 35.5. The van der Waals surface area contributed by atoms with Crippen LogP contribution in [0.4, 0.5) is 21.9 Å². The number of anilines is 3. The largest absolute Gasteiger partial charge is 0.453 e. The lowest BCUT2D eigenvalue weighted by atomic mass is 10.1. The predicted octanol–water partition coefficient (Wildman–Crippen LogP) is 3.50. The van der Waals surface area contributed by atoms with Crippen LogP contribution in [0.5, 0.6) is 0 Å². The fraction of sp³-hybridized carbons (Fsp3) is 0.250. The second-order valence-corrected chi connectivity index (χ2v) is 9.83. The number of amides is 3. The highest BCUT2D eigenvalue weighted by Gasteiger charge is 2.21. The van der Waals surface area contributed by atoms with Crippen molar-refractivity contribution in [1.29, 1.82) is 0 Å². The molecule has 8 N–H and O–H groups in total. The number of methoxy groups -OCH3 is 1. The number of halogens is 1. The molecule has 226 valence electrons. The maximum Gasteiger partial charge on any atom is 0.411 e. The lowest BCUT2D eigenvalue weighted by Crippen LogP contribution is -2.31. The van der Waals surface area contributed by atoms with Gasteiger partial charge in [-0.3, -0.25) is 19.9 Å². The summed E-state index contributed by atoms with van der Waals surface area (Å²) in [6.07, 6.45) is 6.66. The Morgan fingerprint density at radius 1 is 1.26 bits per heavy atom. The number of fused-ring (bicyclic) bond motifs is 4. The van der Waals surface area contributed by atoms with E-state index < -0.39 is 18.0 Å². The Balaban J connectivity index is 1.60. The maximum absolute atomic E-state index is 13.0. The fourth-order valence-electron chi connectivity index (χ4n) is 4.28. The molecule has 1 atom stereocenters. The third-order valence-corrected chi connectivity index (χ3v) is 6.58. The first-order valence-corrected chi connectivity index (χ1v) is 13.6. The smallest absolute Gasteiger partial charge is 0.411 e. The van der Waals surface area contributed by atoms with Crippen LogP contribution in [-0.2, 0) is 19.1 Å². The first-order chi connectivity index (χ1) is 20.8. The minimum Gasteiger partial charge on any atom is -0.453 e. The first-order valence-electron chi connectivity index (χ1n) is 13.2. The predicted molar refractivity (Wildman–Crippen MR) is 164 cm³/mol. The Morgan fingerprint density at radius 3 is 2.88 bits per heavy atom. The molecule has 1 aliphatic rings. The molecule has 43 heavy (non-hydrogen) atoms. The summed E-state index contributed by atoms with van der Waals surface area (Å²) in [6, 6.07) is 9.36. The van der Waals surface area contributed by atoms with Crippen LogP contribution in [0, 0.1) is 0 Å². The zero-order valence-electron chi connectivity index (χ0n) is 23.3. The van der Waals surface area contributed by atoms with Crippen LogP contribution in [0.25, 0.3) is 17.3 Å². The number of aromatic nitrogens is 2. The molecular formula is C28H32ClN9O5. The molecule has 15 heteroatoms. The number of imidazole rings is 1. The average Bonchev–Trinajstić information content (AvgIpc) is 3.47. The van der Waals surface area contributed by atoms with Crippen molar-refractivity contribution >= 4 is 59.0 Å². The third-order valence-electron chi connectivity index (χ3n) is 6.35. The standard InChI is InChI=1S/C28H32ClN9O5/c1-42-28(41)34-19-7-8-20-21(13-19)35-25(39)4-2-3-11-43-15-23(27-32-14-22(20)37-27)36-26(40)10-5-17-12-18(29)6-9-24(17)38(31)16-33-30/h5-10,12-14,16,23H,2-4,11,15,30-31H2,1H3,(H,32,37)(H,34,41)(H,35,39)(H,36,40)/b10-5+,33-16-. The van der Waals surface area contributed by atoms with Gasteiger partial charge < -0.3 is 30.9 Å². The number of hydrazone groups is 1. The summed E-state index contributed by atoms with van der Waals surface area (Å²) in [7, 11) is 1.26. The maximum atomic E-state index is 13.0. The minimum atomic E-state index is -0.641.